The first-order valence-electron chi connectivity index (χ1n) is 6.15. The normalized spacial score (nSPS) is 12.2. The Morgan fingerprint density at radius 3 is 2.58 bits per heavy atom. The lowest BCUT2D eigenvalue weighted by Gasteiger charge is -2.13. The number of rotatable bonds is 5. The summed E-state index contributed by atoms with van der Waals surface area (Å²) in [5.41, 5.74) is -0.273. The quantitative estimate of drug-likeness (QED) is 0.695. The molecule has 0 spiro atoms. The number of hydrogen-bond acceptors (Lipinski definition) is 4. The summed E-state index contributed by atoms with van der Waals surface area (Å²) in [5.74, 6) is -0.121. The van der Waals surface area contributed by atoms with Gasteiger partial charge in [0.2, 0.25) is 5.91 Å². The van der Waals surface area contributed by atoms with Gasteiger partial charge in [-0.15, -0.1) is 0 Å². The van der Waals surface area contributed by atoms with E-state index in [1.807, 2.05) is 6.92 Å². The van der Waals surface area contributed by atoms with Crippen molar-refractivity contribution in [2.45, 2.75) is 26.4 Å². The van der Waals surface area contributed by atoms with E-state index in [9.17, 15) is 14.4 Å². The van der Waals surface area contributed by atoms with Crippen LogP contribution in [0.3, 0.4) is 0 Å². The third kappa shape index (κ3) is 3.54. The number of nitrogens with one attached hydrogen (secondary N) is 2. The van der Waals surface area contributed by atoms with Crippen molar-refractivity contribution >= 4 is 5.91 Å². The molecule has 1 rings (SSSR count). The first-order chi connectivity index (χ1) is 8.88. The molecule has 7 heteroatoms. The van der Waals surface area contributed by atoms with E-state index in [1.165, 1.54) is 17.8 Å². The molecule has 1 aromatic heterocycles. The van der Waals surface area contributed by atoms with Crippen molar-refractivity contribution < 1.29 is 4.79 Å². The van der Waals surface area contributed by atoms with Gasteiger partial charge in [-0.25, -0.2) is 4.79 Å². The number of hydrogen-bond donors (Lipinski definition) is 2. The molecule has 7 nitrogen and oxygen atoms in total. The van der Waals surface area contributed by atoms with E-state index >= 15 is 0 Å². The van der Waals surface area contributed by atoms with Gasteiger partial charge in [-0.3, -0.25) is 14.2 Å². The number of carbonyl (C=O) groups is 1. The molecule has 0 aromatic carbocycles. The Morgan fingerprint density at radius 2 is 2.00 bits per heavy atom. The van der Waals surface area contributed by atoms with Gasteiger partial charge >= 0.3 is 5.69 Å². The van der Waals surface area contributed by atoms with Crippen LogP contribution in [-0.4, -0.2) is 27.6 Å². The summed E-state index contributed by atoms with van der Waals surface area (Å²) < 4.78 is 2.39. The van der Waals surface area contributed by atoms with Crippen LogP contribution < -0.4 is 21.9 Å². The molecule has 1 amide bonds. The van der Waals surface area contributed by atoms with Crippen LogP contribution in [0.2, 0.25) is 0 Å². The molecule has 0 aliphatic rings. The molecule has 1 heterocycles. The molecule has 1 unspecified atom stereocenters. The average Bonchev–Trinajstić information content (AvgIpc) is 2.38. The number of carbonyl (C=O) groups excluding carboxylic acids is 1. The van der Waals surface area contributed by atoms with Gasteiger partial charge in [0.1, 0.15) is 0 Å². The van der Waals surface area contributed by atoms with Crippen LogP contribution in [0.4, 0.5) is 0 Å². The first-order valence-corrected chi connectivity index (χ1v) is 6.15. The molecule has 0 bridgehead atoms. The third-order valence-corrected chi connectivity index (χ3v) is 2.86. The predicted octanol–water partition coefficient (Wildman–Crippen LogP) is -1.30. The van der Waals surface area contributed by atoms with Gasteiger partial charge in [0.15, 0.2) is 0 Å². The maximum Gasteiger partial charge on any atom is 0.330 e. The summed E-state index contributed by atoms with van der Waals surface area (Å²) in [5, 5.41) is 5.65. The molecule has 0 aliphatic heterocycles. The zero-order valence-electron chi connectivity index (χ0n) is 11.7. The number of nitrogens with zero attached hydrogens (tertiary/aromatic N) is 2. The lowest BCUT2D eigenvalue weighted by atomic mass is 10.2. The molecular formula is C12H20N4O3. The Labute approximate surface area is 111 Å². The van der Waals surface area contributed by atoms with Crippen molar-refractivity contribution in [2.75, 3.05) is 6.54 Å². The second-order valence-corrected chi connectivity index (χ2v) is 4.41. The number of amides is 1. The van der Waals surface area contributed by atoms with E-state index in [0.717, 1.165) is 4.57 Å². The molecule has 19 heavy (non-hydrogen) atoms. The summed E-state index contributed by atoms with van der Waals surface area (Å²) in [4.78, 5) is 34.9. The maximum atomic E-state index is 11.9. The Morgan fingerprint density at radius 1 is 1.37 bits per heavy atom. The molecule has 106 valence electrons. The van der Waals surface area contributed by atoms with Crippen LogP contribution in [0.25, 0.3) is 0 Å². The van der Waals surface area contributed by atoms with Crippen LogP contribution in [-0.2, 0) is 25.4 Å². The van der Waals surface area contributed by atoms with Crippen LogP contribution >= 0.6 is 0 Å². The number of aryl methyl sites for hydroxylation is 1. The van der Waals surface area contributed by atoms with Crippen molar-refractivity contribution in [2.24, 2.45) is 14.1 Å². The van der Waals surface area contributed by atoms with E-state index in [0.29, 0.717) is 12.1 Å². The molecular weight excluding hydrogens is 248 g/mol. The zero-order valence-corrected chi connectivity index (χ0v) is 11.7. The second-order valence-electron chi connectivity index (χ2n) is 4.41. The summed E-state index contributed by atoms with van der Waals surface area (Å²) >= 11 is 0. The minimum absolute atomic E-state index is 0.121. The van der Waals surface area contributed by atoms with Crippen molar-refractivity contribution in [3.63, 3.8) is 0 Å². The summed E-state index contributed by atoms with van der Waals surface area (Å²) in [6, 6.07) is -0.401. The minimum Gasteiger partial charge on any atom is -0.355 e. The topological polar surface area (TPSA) is 85.1 Å². The molecule has 0 saturated heterocycles. The molecule has 1 atom stereocenters. The van der Waals surface area contributed by atoms with E-state index in [1.54, 1.807) is 14.0 Å². The molecule has 0 radical (unpaired) electrons. The summed E-state index contributed by atoms with van der Waals surface area (Å²) in [7, 11) is 3.01. The highest BCUT2D eigenvalue weighted by atomic mass is 16.2. The van der Waals surface area contributed by atoms with Crippen molar-refractivity contribution in [3.8, 4) is 0 Å². The highest BCUT2D eigenvalue weighted by Gasteiger charge is 2.13. The van der Waals surface area contributed by atoms with Gasteiger partial charge in [0.25, 0.3) is 5.56 Å². The lowest BCUT2D eigenvalue weighted by molar-refractivity contribution is -0.122. The first kappa shape index (κ1) is 15.2. The van der Waals surface area contributed by atoms with Gasteiger partial charge in [-0.1, -0.05) is 0 Å². The maximum absolute atomic E-state index is 11.9. The molecule has 0 saturated carbocycles. The predicted molar refractivity (Wildman–Crippen MR) is 71.9 cm³/mol. The Bertz CT molecular complexity index is 573. The molecule has 2 N–H and O–H groups in total. The van der Waals surface area contributed by atoms with E-state index < -0.39 is 6.04 Å². The average molecular weight is 268 g/mol. The monoisotopic (exact) mass is 268 g/mol. The van der Waals surface area contributed by atoms with Crippen LogP contribution in [0.1, 0.15) is 19.4 Å². The Hall–Kier alpha value is -1.89. The standard InChI is InChI=1S/C12H20N4O3/c1-5-13-10(17)8(2)14-6-9-7-15(3)12(19)16(4)11(9)18/h7-8,14H,5-6H2,1-4H3,(H,13,17). The van der Waals surface area contributed by atoms with Gasteiger partial charge in [0, 0.05) is 38.9 Å². The van der Waals surface area contributed by atoms with Gasteiger partial charge in [-0.05, 0) is 13.8 Å². The van der Waals surface area contributed by atoms with Crippen molar-refractivity contribution in [1.82, 2.24) is 19.8 Å². The SMILES string of the molecule is CCNC(=O)C(C)NCc1cn(C)c(=O)n(C)c1=O. The van der Waals surface area contributed by atoms with E-state index in [2.05, 4.69) is 10.6 Å². The highest BCUT2D eigenvalue weighted by Crippen LogP contribution is 1.90. The number of aromatic nitrogens is 2. The molecule has 0 aliphatic carbocycles. The van der Waals surface area contributed by atoms with Crippen LogP contribution in [0.15, 0.2) is 15.8 Å². The third-order valence-electron chi connectivity index (χ3n) is 2.86. The Balaban J connectivity index is 2.82. The van der Waals surface area contributed by atoms with Gasteiger partial charge < -0.3 is 15.2 Å². The fourth-order valence-corrected chi connectivity index (χ4v) is 1.69. The highest BCUT2D eigenvalue weighted by molar-refractivity contribution is 5.81. The lowest BCUT2D eigenvalue weighted by Crippen LogP contribution is -2.44. The van der Waals surface area contributed by atoms with E-state index in [-0.39, 0.29) is 23.7 Å². The fourth-order valence-electron chi connectivity index (χ4n) is 1.69. The molecule has 1 aromatic rings. The zero-order chi connectivity index (χ0) is 14.6. The summed E-state index contributed by atoms with van der Waals surface area (Å²) in [6.45, 7) is 4.36. The molecule has 0 fully saturated rings. The largest absolute Gasteiger partial charge is 0.355 e. The fraction of sp³-hybridized carbons (Fsp3) is 0.583. The minimum atomic E-state index is -0.401. The number of likely N-dealkylation sites (N-methyl/N-ethyl adjacent to an activating group) is 1. The van der Waals surface area contributed by atoms with Crippen LogP contribution in [0, 0.1) is 0 Å². The van der Waals surface area contributed by atoms with E-state index in [4.69, 9.17) is 0 Å². The van der Waals surface area contributed by atoms with Crippen molar-refractivity contribution in [3.05, 3.63) is 32.6 Å². The second kappa shape index (κ2) is 6.33. The summed E-state index contributed by atoms with van der Waals surface area (Å²) in [6.07, 6.45) is 1.49. The van der Waals surface area contributed by atoms with Crippen molar-refractivity contribution in [1.29, 1.82) is 0 Å². The Kier molecular flexibility index (Phi) is 5.05. The smallest absolute Gasteiger partial charge is 0.330 e. The van der Waals surface area contributed by atoms with Gasteiger partial charge in [0.05, 0.1) is 6.04 Å². The van der Waals surface area contributed by atoms with Crippen LogP contribution in [0.5, 0.6) is 0 Å². The van der Waals surface area contributed by atoms with Gasteiger partial charge in [-0.2, -0.15) is 0 Å².